The fraction of sp³-hybridized carbons (Fsp3) is 0.464. The molecule has 0 saturated carbocycles. The summed E-state index contributed by atoms with van der Waals surface area (Å²) in [5, 5.41) is 21.9. The fourth-order valence-corrected chi connectivity index (χ4v) is 4.48. The maximum atomic E-state index is 12.5. The van der Waals surface area contributed by atoms with Gasteiger partial charge in [-0.15, -0.1) is 0 Å². The van der Waals surface area contributed by atoms with Gasteiger partial charge in [0, 0.05) is 24.5 Å². The van der Waals surface area contributed by atoms with E-state index in [-0.39, 0.29) is 24.3 Å². The van der Waals surface area contributed by atoms with Crippen LogP contribution in [0.4, 0.5) is 16.2 Å². The predicted molar refractivity (Wildman–Crippen MR) is 136 cm³/mol. The Morgan fingerprint density at radius 2 is 1.83 bits per heavy atom. The number of carboxylic acid groups (broad SMARTS) is 1. The lowest BCUT2D eigenvalue weighted by molar-refractivity contribution is -0.137. The summed E-state index contributed by atoms with van der Waals surface area (Å²) in [5.41, 5.74) is 4.00. The smallest absolute Gasteiger partial charge is 0.410 e. The summed E-state index contributed by atoms with van der Waals surface area (Å²) in [4.78, 5) is 25.6. The molecule has 1 aliphatic rings. The van der Waals surface area contributed by atoms with Gasteiger partial charge in [-0.2, -0.15) is 5.26 Å². The summed E-state index contributed by atoms with van der Waals surface area (Å²) in [5.74, 6) is -0.628. The Morgan fingerprint density at radius 3 is 2.37 bits per heavy atom. The zero-order chi connectivity index (χ0) is 25.6. The van der Waals surface area contributed by atoms with E-state index in [4.69, 9.17) is 10.00 Å². The summed E-state index contributed by atoms with van der Waals surface area (Å²) in [7, 11) is 0. The van der Waals surface area contributed by atoms with Crippen LogP contribution in [0.3, 0.4) is 0 Å². The SMILES string of the molecule is CC[C@@H](CC(=O)O)c1ccc(C2CCN(C(=O)OC(C)(C)C)CC2)c(Nc2ccc(C#N)cc2)c1. The monoisotopic (exact) mass is 477 g/mol. The van der Waals surface area contributed by atoms with Gasteiger partial charge in [0.25, 0.3) is 0 Å². The van der Waals surface area contributed by atoms with E-state index in [0.29, 0.717) is 18.7 Å². The number of nitriles is 1. The summed E-state index contributed by atoms with van der Waals surface area (Å²) in [6.07, 6.45) is 2.16. The Bertz CT molecular complexity index is 1070. The van der Waals surface area contributed by atoms with E-state index in [1.54, 1.807) is 17.0 Å². The van der Waals surface area contributed by atoms with E-state index >= 15 is 0 Å². The minimum absolute atomic E-state index is 0.0721. The van der Waals surface area contributed by atoms with Crippen LogP contribution in [-0.2, 0) is 9.53 Å². The quantitative estimate of drug-likeness (QED) is 0.479. The molecular weight excluding hydrogens is 442 g/mol. The average molecular weight is 478 g/mol. The maximum Gasteiger partial charge on any atom is 0.410 e. The molecular formula is C28H35N3O4. The third kappa shape index (κ3) is 7.22. The van der Waals surface area contributed by atoms with Crippen LogP contribution in [0, 0.1) is 11.3 Å². The van der Waals surface area contributed by atoms with Crippen LogP contribution in [0.5, 0.6) is 0 Å². The Kier molecular flexibility index (Phi) is 8.39. The van der Waals surface area contributed by atoms with Gasteiger partial charge in [-0.3, -0.25) is 4.79 Å². The number of hydrogen-bond acceptors (Lipinski definition) is 5. The number of anilines is 2. The van der Waals surface area contributed by atoms with Crippen molar-refractivity contribution >= 4 is 23.4 Å². The number of piperidine rings is 1. The van der Waals surface area contributed by atoms with Crippen LogP contribution in [0.1, 0.15) is 81.9 Å². The first-order chi connectivity index (χ1) is 16.6. The molecule has 2 aromatic carbocycles. The third-order valence-electron chi connectivity index (χ3n) is 6.34. The number of carbonyl (C=O) groups excluding carboxylic acids is 1. The van der Waals surface area contributed by atoms with E-state index in [0.717, 1.165) is 41.8 Å². The third-order valence-corrected chi connectivity index (χ3v) is 6.34. The number of rotatable bonds is 7. The first-order valence-electron chi connectivity index (χ1n) is 12.2. The molecule has 0 unspecified atom stereocenters. The molecule has 1 amide bonds. The summed E-state index contributed by atoms with van der Waals surface area (Å²) < 4.78 is 5.53. The number of hydrogen-bond donors (Lipinski definition) is 2. The highest BCUT2D eigenvalue weighted by molar-refractivity contribution is 5.70. The summed E-state index contributed by atoms with van der Waals surface area (Å²) >= 11 is 0. The molecule has 0 spiro atoms. The van der Waals surface area contributed by atoms with Gasteiger partial charge in [0.05, 0.1) is 18.1 Å². The first kappa shape index (κ1) is 26.1. The van der Waals surface area contributed by atoms with Crippen LogP contribution in [0.2, 0.25) is 0 Å². The molecule has 2 aromatic rings. The zero-order valence-corrected chi connectivity index (χ0v) is 21.0. The molecule has 3 rings (SSSR count). The summed E-state index contributed by atoms with van der Waals surface area (Å²) in [6, 6.07) is 15.6. The van der Waals surface area contributed by atoms with Crippen LogP contribution < -0.4 is 5.32 Å². The van der Waals surface area contributed by atoms with E-state index in [1.165, 1.54) is 0 Å². The van der Waals surface area contributed by atoms with Gasteiger partial charge in [-0.05, 0) is 93.3 Å². The van der Waals surface area contributed by atoms with Crippen molar-refractivity contribution in [2.24, 2.45) is 0 Å². The lowest BCUT2D eigenvalue weighted by atomic mass is 9.85. The molecule has 35 heavy (non-hydrogen) atoms. The van der Waals surface area contributed by atoms with Gasteiger partial charge >= 0.3 is 12.1 Å². The molecule has 1 fully saturated rings. The Morgan fingerprint density at radius 1 is 1.17 bits per heavy atom. The van der Waals surface area contributed by atoms with E-state index < -0.39 is 11.6 Å². The van der Waals surface area contributed by atoms with Crippen molar-refractivity contribution < 1.29 is 19.4 Å². The molecule has 1 heterocycles. The second-order valence-corrected chi connectivity index (χ2v) is 10.1. The largest absolute Gasteiger partial charge is 0.481 e. The van der Waals surface area contributed by atoms with Crippen LogP contribution in [0.15, 0.2) is 42.5 Å². The van der Waals surface area contributed by atoms with Crippen LogP contribution in [-0.4, -0.2) is 40.8 Å². The molecule has 1 saturated heterocycles. The molecule has 2 N–H and O–H groups in total. The Labute approximate surface area is 207 Å². The maximum absolute atomic E-state index is 12.5. The number of likely N-dealkylation sites (tertiary alicyclic amines) is 1. The fourth-order valence-electron chi connectivity index (χ4n) is 4.48. The van der Waals surface area contributed by atoms with Gasteiger partial charge in [0.15, 0.2) is 0 Å². The van der Waals surface area contributed by atoms with Gasteiger partial charge < -0.3 is 20.1 Å². The Balaban J connectivity index is 1.85. The number of aliphatic carboxylic acids is 1. The van der Waals surface area contributed by atoms with E-state index in [2.05, 4.69) is 23.5 Å². The van der Waals surface area contributed by atoms with Crippen molar-refractivity contribution in [3.05, 3.63) is 59.2 Å². The van der Waals surface area contributed by atoms with Crippen molar-refractivity contribution in [2.45, 2.75) is 70.8 Å². The molecule has 1 aliphatic heterocycles. The number of benzene rings is 2. The standard InChI is InChI=1S/C28H35N3O4/c1-5-20(17-26(32)33)22-8-11-24(25(16-22)30-23-9-6-19(18-29)7-10-23)21-12-14-31(15-13-21)27(34)35-28(2,3)4/h6-11,16,20-21,30H,5,12-15,17H2,1-4H3,(H,32,33)/t20-/m0/s1. The first-order valence-corrected chi connectivity index (χ1v) is 12.2. The lowest BCUT2D eigenvalue weighted by Crippen LogP contribution is -2.41. The Hall–Kier alpha value is -3.53. The predicted octanol–water partition coefficient (Wildman–Crippen LogP) is 6.38. The number of carboxylic acids is 1. The highest BCUT2D eigenvalue weighted by atomic mass is 16.6. The van der Waals surface area contributed by atoms with Crippen molar-refractivity contribution in [1.29, 1.82) is 5.26 Å². The average Bonchev–Trinajstić information content (AvgIpc) is 2.82. The minimum Gasteiger partial charge on any atom is -0.481 e. The van der Waals surface area contributed by atoms with Crippen LogP contribution >= 0.6 is 0 Å². The topological polar surface area (TPSA) is 103 Å². The van der Waals surface area contributed by atoms with Crippen LogP contribution in [0.25, 0.3) is 0 Å². The highest BCUT2D eigenvalue weighted by Crippen LogP contribution is 2.37. The molecule has 1 atom stereocenters. The minimum atomic E-state index is -0.808. The lowest BCUT2D eigenvalue weighted by Gasteiger charge is -2.34. The molecule has 7 heteroatoms. The second kappa shape index (κ2) is 11.3. The van der Waals surface area contributed by atoms with Gasteiger partial charge in [-0.25, -0.2) is 4.79 Å². The molecule has 7 nitrogen and oxygen atoms in total. The number of nitrogens with one attached hydrogen (secondary N) is 1. The van der Waals surface area contributed by atoms with Crippen molar-refractivity contribution in [2.75, 3.05) is 18.4 Å². The number of ether oxygens (including phenoxy) is 1. The van der Waals surface area contributed by atoms with E-state index in [1.807, 2.05) is 45.9 Å². The second-order valence-electron chi connectivity index (χ2n) is 10.1. The van der Waals surface area contributed by atoms with Crippen molar-refractivity contribution in [1.82, 2.24) is 4.90 Å². The van der Waals surface area contributed by atoms with Crippen molar-refractivity contribution in [3.8, 4) is 6.07 Å². The van der Waals surface area contributed by atoms with E-state index in [9.17, 15) is 14.7 Å². The van der Waals surface area contributed by atoms with Gasteiger partial charge in [0.1, 0.15) is 5.60 Å². The van der Waals surface area contributed by atoms with Gasteiger partial charge in [0.2, 0.25) is 0 Å². The number of carbonyl (C=O) groups is 2. The molecule has 0 bridgehead atoms. The molecule has 186 valence electrons. The number of nitrogens with zero attached hydrogens (tertiary/aromatic N) is 2. The number of amides is 1. The van der Waals surface area contributed by atoms with Crippen molar-refractivity contribution in [3.63, 3.8) is 0 Å². The molecule has 0 radical (unpaired) electrons. The summed E-state index contributed by atoms with van der Waals surface area (Å²) in [6.45, 7) is 8.85. The molecule has 0 aliphatic carbocycles. The van der Waals surface area contributed by atoms with Gasteiger partial charge in [-0.1, -0.05) is 19.1 Å². The highest BCUT2D eigenvalue weighted by Gasteiger charge is 2.29. The molecule has 0 aromatic heterocycles. The zero-order valence-electron chi connectivity index (χ0n) is 21.0. The normalized spacial score (nSPS) is 15.2.